The van der Waals surface area contributed by atoms with Crippen LogP contribution in [0.25, 0.3) is 0 Å². The summed E-state index contributed by atoms with van der Waals surface area (Å²) in [5.74, 6) is -0.441. The van der Waals surface area contributed by atoms with E-state index in [-0.39, 0.29) is 17.9 Å². The minimum Gasteiger partial charge on any atom is -0.466 e. The summed E-state index contributed by atoms with van der Waals surface area (Å²) in [6.07, 6.45) is 5.57. The Kier molecular flexibility index (Phi) is 9.75. The Labute approximate surface area is 191 Å². The number of methoxy groups -OCH3 is 1. The highest BCUT2D eigenvalue weighted by atomic mass is 16.5. The van der Waals surface area contributed by atoms with Gasteiger partial charge < -0.3 is 15.4 Å². The van der Waals surface area contributed by atoms with E-state index in [0.29, 0.717) is 23.5 Å². The van der Waals surface area contributed by atoms with Crippen LogP contribution >= 0.6 is 0 Å². The van der Waals surface area contributed by atoms with Crippen LogP contribution in [0, 0.1) is 5.92 Å². The third kappa shape index (κ3) is 6.11. The lowest BCUT2D eigenvalue weighted by molar-refractivity contribution is -0.136. The quantitative estimate of drug-likeness (QED) is 0.463. The molecule has 176 valence electrons. The van der Waals surface area contributed by atoms with Gasteiger partial charge in [-0.3, -0.25) is 9.69 Å². The average Bonchev–Trinajstić information content (AvgIpc) is 2.79. The molecule has 3 amide bonds. The fraction of sp³-hybridized carbons (Fsp3) is 0.560. The highest BCUT2D eigenvalue weighted by Crippen LogP contribution is 2.32. The van der Waals surface area contributed by atoms with Crippen molar-refractivity contribution in [1.82, 2.24) is 10.2 Å². The summed E-state index contributed by atoms with van der Waals surface area (Å²) in [6, 6.07) is 6.43. The number of ether oxygens (including phenoxy) is 1. The maximum atomic E-state index is 12.7. The Bertz CT molecular complexity index is 832. The summed E-state index contributed by atoms with van der Waals surface area (Å²) >= 11 is 0. The van der Waals surface area contributed by atoms with Gasteiger partial charge in [-0.25, -0.2) is 9.59 Å². The molecule has 0 saturated carbocycles. The largest absolute Gasteiger partial charge is 0.466 e. The van der Waals surface area contributed by atoms with Crippen molar-refractivity contribution in [2.24, 2.45) is 5.92 Å². The smallest absolute Gasteiger partial charge is 0.337 e. The first-order chi connectivity index (χ1) is 15.4. The molecule has 2 atom stereocenters. The lowest BCUT2D eigenvalue weighted by atomic mass is 9.94. The molecule has 0 fully saturated rings. The van der Waals surface area contributed by atoms with Crippen molar-refractivity contribution in [1.29, 1.82) is 0 Å². The van der Waals surface area contributed by atoms with Crippen LogP contribution in [0.3, 0.4) is 0 Å². The van der Waals surface area contributed by atoms with E-state index in [9.17, 15) is 14.4 Å². The highest BCUT2D eigenvalue weighted by Gasteiger charge is 2.35. The molecule has 0 spiro atoms. The van der Waals surface area contributed by atoms with Gasteiger partial charge in [0.15, 0.2) is 0 Å². The molecule has 1 aromatic carbocycles. The van der Waals surface area contributed by atoms with Gasteiger partial charge in [-0.2, -0.15) is 0 Å². The number of nitrogens with one attached hydrogen (secondary N) is 2. The minimum absolute atomic E-state index is 0.00197. The number of esters is 1. The number of rotatable bonds is 11. The maximum Gasteiger partial charge on any atom is 0.337 e. The molecule has 7 heteroatoms. The first kappa shape index (κ1) is 25.4. The zero-order valence-corrected chi connectivity index (χ0v) is 20.0. The Morgan fingerprint density at radius 1 is 1.12 bits per heavy atom. The minimum atomic E-state index is -0.606. The Hall–Kier alpha value is -2.83. The van der Waals surface area contributed by atoms with Gasteiger partial charge in [0.2, 0.25) is 5.91 Å². The molecule has 32 heavy (non-hydrogen) atoms. The average molecular weight is 444 g/mol. The maximum absolute atomic E-state index is 12.7. The number of nitrogens with zero attached hydrogens (tertiary/aromatic N) is 1. The first-order valence-electron chi connectivity index (χ1n) is 11.7. The van der Waals surface area contributed by atoms with E-state index >= 15 is 0 Å². The Morgan fingerprint density at radius 3 is 2.34 bits per heavy atom. The molecule has 1 aromatic rings. The molecular formula is C25H37N3O4. The molecule has 0 aliphatic carbocycles. The predicted molar refractivity (Wildman–Crippen MR) is 126 cm³/mol. The molecule has 0 bridgehead atoms. The van der Waals surface area contributed by atoms with Crippen molar-refractivity contribution < 1.29 is 19.1 Å². The van der Waals surface area contributed by atoms with Crippen LogP contribution in [0.1, 0.15) is 77.8 Å². The van der Waals surface area contributed by atoms with Gasteiger partial charge in [0.05, 0.1) is 18.7 Å². The SMILES string of the molecule is CCCCC(CC)C(=O)Nc1ccc(C2NC(=O)N(CCCC)C(C)=C2C(=O)OC)cc1. The van der Waals surface area contributed by atoms with E-state index in [1.807, 2.05) is 19.1 Å². The number of carbonyl (C=O) groups excluding carboxylic acids is 3. The molecule has 2 unspecified atom stereocenters. The molecule has 2 N–H and O–H groups in total. The topological polar surface area (TPSA) is 87.7 Å². The summed E-state index contributed by atoms with van der Waals surface area (Å²) in [4.78, 5) is 39.5. The summed E-state index contributed by atoms with van der Waals surface area (Å²) < 4.78 is 5.02. The van der Waals surface area contributed by atoms with Crippen LogP contribution in [0.4, 0.5) is 10.5 Å². The molecule has 1 heterocycles. The number of amides is 3. The van der Waals surface area contributed by atoms with Gasteiger partial charge in [-0.05, 0) is 43.9 Å². The monoisotopic (exact) mass is 443 g/mol. The molecule has 1 aliphatic rings. The molecule has 0 saturated heterocycles. The number of hydrogen-bond donors (Lipinski definition) is 2. The lowest BCUT2D eigenvalue weighted by Gasteiger charge is -2.35. The molecule has 0 radical (unpaired) electrons. The van der Waals surface area contributed by atoms with E-state index in [1.54, 1.807) is 24.0 Å². The third-order valence-electron chi connectivity index (χ3n) is 6.02. The zero-order chi connectivity index (χ0) is 23.7. The van der Waals surface area contributed by atoms with Gasteiger partial charge in [-0.1, -0.05) is 52.2 Å². The lowest BCUT2D eigenvalue weighted by Crippen LogP contribution is -2.48. The van der Waals surface area contributed by atoms with Crippen LogP contribution in [-0.4, -0.2) is 36.5 Å². The Balaban J connectivity index is 2.24. The van der Waals surface area contributed by atoms with Crippen molar-refractivity contribution in [3.05, 3.63) is 41.1 Å². The molecule has 1 aliphatic heterocycles. The van der Waals surface area contributed by atoms with E-state index < -0.39 is 12.0 Å². The van der Waals surface area contributed by atoms with Gasteiger partial charge in [-0.15, -0.1) is 0 Å². The number of carbonyl (C=O) groups is 3. The number of unbranched alkanes of at least 4 members (excludes halogenated alkanes) is 2. The standard InChI is InChI=1S/C25H37N3O4/c1-6-9-11-18(8-3)23(29)26-20-14-12-19(13-15-20)22-21(24(30)32-5)17(4)28(16-10-7-2)25(31)27-22/h12-15,18,22H,6-11,16H2,1-5H3,(H,26,29)(H,27,31). The fourth-order valence-corrected chi connectivity index (χ4v) is 3.97. The van der Waals surface area contributed by atoms with Crippen molar-refractivity contribution in [3.8, 4) is 0 Å². The summed E-state index contributed by atoms with van der Waals surface area (Å²) in [7, 11) is 1.34. The van der Waals surface area contributed by atoms with Gasteiger partial charge in [0.25, 0.3) is 0 Å². The molecule has 0 aromatic heterocycles. The van der Waals surface area contributed by atoms with Crippen LogP contribution in [-0.2, 0) is 14.3 Å². The van der Waals surface area contributed by atoms with Crippen LogP contribution in [0.15, 0.2) is 35.5 Å². The summed E-state index contributed by atoms with van der Waals surface area (Å²) in [5, 5.41) is 5.93. The second-order valence-electron chi connectivity index (χ2n) is 8.24. The van der Waals surface area contributed by atoms with Crippen molar-refractivity contribution in [2.45, 2.75) is 72.3 Å². The van der Waals surface area contributed by atoms with Crippen molar-refractivity contribution >= 4 is 23.6 Å². The fourth-order valence-electron chi connectivity index (χ4n) is 3.97. The molecule has 2 rings (SSSR count). The van der Waals surface area contributed by atoms with Gasteiger partial charge in [0, 0.05) is 23.8 Å². The van der Waals surface area contributed by atoms with Crippen molar-refractivity contribution in [2.75, 3.05) is 19.0 Å². The van der Waals surface area contributed by atoms with Crippen LogP contribution in [0.5, 0.6) is 0 Å². The van der Waals surface area contributed by atoms with Gasteiger partial charge >= 0.3 is 12.0 Å². The van der Waals surface area contributed by atoms with Gasteiger partial charge in [0.1, 0.15) is 0 Å². The zero-order valence-electron chi connectivity index (χ0n) is 20.0. The predicted octanol–water partition coefficient (Wildman–Crippen LogP) is 5.15. The molecule has 7 nitrogen and oxygen atoms in total. The number of allylic oxidation sites excluding steroid dienone is 1. The second-order valence-corrected chi connectivity index (χ2v) is 8.24. The van der Waals surface area contributed by atoms with E-state index in [1.165, 1.54) is 7.11 Å². The van der Waals surface area contributed by atoms with E-state index in [4.69, 9.17) is 4.74 Å². The van der Waals surface area contributed by atoms with Crippen molar-refractivity contribution in [3.63, 3.8) is 0 Å². The molecular weight excluding hydrogens is 406 g/mol. The summed E-state index contributed by atoms with van der Waals surface area (Å²) in [5.41, 5.74) is 2.48. The number of urea groups is 1. The van der Waals surface area contributed by atoms with Crippen LogP contribution in [0.2, 0.25) is 0 Å². The van der Waals surface area contributed by atoms with Crippen LogP contribution < -0.4 is 10.6 Å². The number of hydrogen-bond acceptors (Lipinski definition) is 4. The highest BCUT2D eigenvalue weighted by molar-refractivity contribution is 5.95. The number of anilines is 1. The first-order valence-corrected chi connectivity index (χ1v) is 11.7. The second kappa shape index (κ2) is 12.3. The number of benzene rings is 1. The Morgan fingerprint density at radius 2 is 1.78 bits per heavy atom. The third-order valence-corrected chi connectivity index (χ3v) is 6.02. The summed E-state index contributed by atoms with van der Waals surface area (Å²) in [6.45, 7) is 8.53. The van der Waals surface area contributed by atoms with E-state index in [0.717, 1.165) is 44.1 Å². The normalized spacial score (nSPS) is 17.1. The van der Waals surface area contributed by atoms with E-state index in [2.05, 4.69) is 24.5 Å².